The molecule has 0 aliphatic rings. The van der Waals surface area contributed by atoms with Crippen LogP contribution in [0.5, 0.6) is 0 Å². The molecule has 0 aromatic heterocycles. The summed E-state index contributed by atoms with van der Waals surface area (Å²) in [6, 6.07) is 0. The van der Waals surface area contributed by atoms with Gasteiger partial charge in [-0.1, -0.05) is 87.4 Å². The van der Waals surface area contributed by atoms with E-state index in [1.54, 1.807) is 18.2 Å². The van der Waals surface area contributed by atoms with E-state index < -0.39 is 6.10 Å². The molecule has 0 unspecified atom stereocenters. The number of rotatable bonds is 19. The molecule has 2 nitrogen and oxygen atoms in total. The second-order valence-electron chi connectivity index (χ2n) is 8.17. The number of aliphatic hydroxyl groups excluding tert-OH is 2. The van der Waals surface area contributed by atoms with E-state index in [9.17, 15) is 10.2 Å². The minimum atomic E-state index is -0.741. The Hall–Kier alpha value is -2.18. The maximum atomic E-state index is 9.65. The minimum absolute atomic E-state index is 0.386. The number of terminal acetylenes is 2. The molecule has 0 heterocycles. The smallest absolute Gasteiger partial charge is 0.133 e. The van der Waals surface area contributed by atoms with Gasteiger partial charge in [-0.15, -0.1) is 18.8 Å². The molecule has 0 aliphatic heterocycles. The van der Waals surface area contributed by atoms with E-state index in [2.05, 4.69) is 35.8 Å². The van der Waals surface area contributed by atoms with Crippen molar-refractivity contribution in [2.45, 2.75) is 115 Å². The molecule has 0 radical (unpaired) electrons. The predicted octanol–water partition coefficient (Wildman–Crippen LogP) is 6.89. The molecule has 2 N–H and O–H groups in total. The zero-order chi connectivity index (χ0) is 23.5. The molecule has 0 aromatic carbocycles. The summed E-state index contributed by atoms with van der Waals surface area (Å²) in [6.45, 7) is 0. The molecule has 0 aromatic rings. The third kappa shape index (κ3) is 24.1. The first-order chi connectivity index (χ1) is 15.7. The highest BCUT2D eigenvalue weighted by atomic mass is 16.3. The summed E-state index contributed by atoms with van der Waals surface area (Å²) in [5.74, 6) is 11.2. The summed E-state index contributed by atoms with van der Waals surface area (Å²) < 4.78 is 0. The van der Waals surface area contributed by atoms with Crippen molar-refractivity contribution in [2.75, 3.05) is 0 Å². The second kappa shape index (κ2) is 25.1. The SMILES string of the molecule is C#C/C=C\[C@@H](O)CCCCCCCCC/C=C\CC#CCCCCCC/C=C/[C@@H](O)C#C. The fourth-order valence-corrected chi connectivity index (χ4v) is 3.29. The Kier molecular flexibility index (Phi) is 23.4. The zero-order valence-electron chi connectivity index (χ0n) is 20.0. The fraction of sp³-hybridized carbons (Fsp3) is 0.600. The van der Waals surface area contributed by atoms with Crippen LogP contribution >= 0.6 is 0 Å². The monoisotopic (exact) mass is 436 g/mol. The van der Waals surface area contributed by atoms with Gasteiger partial charge in [-0.2, -0.15) is 0 Å². The van der Waals surface area contributed by atoms with Gasteiger partial charge < -0.3 is 10.2 Å². The van der Waals surface area contributed by atoms with E-state index in [0.717, 1.165) is 51.4 Å². The van der Waals surface area contributed by atoms with Gasteiger partial charge in [0.15, 0.2) is 0 Å². The van der Waals surface area contributed by atoms with Crippen LogP contribution in [0.1, 0.15) is 103 Å². The molecule has 0 amide bonds. The summed E-state index contributed by atoms with van der Waals surface area (Å²) in [7, 11) is 0. The molecule has 0 spiro atoms. The normalized spacial score (nSPS) is 13.1. The van der Waals surface area contributed by atoms with Gasteiger partial charge in [0.1, 0.15) is 6.10 Å². The van der Waals surface area contributed by atoms with E-state index in [4.69, 9.17) is 12.8 Å². The Morgan fingerprint density at radius 1 is 0.656 bits per heavy atom. The average Bonchev–Trinajstić information content (AvgIpc) is 2.80. The maximum Gasteiger partial charge on any atom is 0.133 e. The highest BCUT2D eigenvalue weighted by molar-refractivity contribution is 5.10. The first kappa shape index (κ1) is 29.8. The third-order valence-corrected chi connectivity index (χ3v) is 5.21. The Labute approximate surface area is 198 Å². The van der Waals surface area contributed by atoms with Gasteiger partial charge in [-0.3, -0.25) is 0 Å². The van der Waals surface area contributed by atoms with Gasteiger partial charge in [-0.25, -0.2) is 0 Å². The lowest BCUT2D eigenvalue weighted by Crippen LogP contribution is -2.01. The first-order valence-corrected chi connectivity index (χ1v) is 12.4. The Morgan fingerprint density at radius 2 is 1.28 bits per heavy atom. The minimum Gasteiger partial charge on any atom is -0.389 e. The van der Waals surface area contributed by atoms with Crippen LogP contribution in [0.4, 0.5) is 0 Å². The highest BCUT2D eigenvalue weighted by Crippen LogP contribution is 2.11. The summed E-state index contributed by atoms with van der Waals surface area (Å²) in [5.41, 5.74) is 0. The number of aliphatic hydroxyl groups is 2. The predicted molar refractivity (Wildman–Crippen MR) is 139 cm³/mol. The second-order valence-corrected chi connectivity index (χ2v) is 8.17. The number of unbranched alkanes of at least 4 members (excludes halogenated alkanes) is 12. The number of allylic oxidation sites excluding steroid dienone is 4. The highest BCUT2D eigenvalue weighted by Gasteiger charge is 1.98. The van der Waals surface area contributed by atoms with Crippen LogP contribution < -0.4 is 0 Å². The van der Waals surface area contributed by atoms with Crippen LogP contribution in [0.3, 0.4) is 0 Å². The zero-order valence-corrected chi connectivity index (χ0v) is 20.0. The van der Waals surface area contributed by atoms with E-state index >= 15 is 0 Å². The van der Waals surface area contributed by atoms with Crippen molar-refractivity contribution in [1.82, 2.24) is 0 Å². The summed E-state index contributed by atoms with van der Waals surface area (Å²) >= 11 is 0. The molecule has 176 valence electrons. The van der Waals surface area contributed by atoms with Crippen molar-refractivity contribution in [3.63, 3.8) is 0 Å². The van der Waals surface area contributed by atoms with Crippen LogP contribution in [-0.2, 0) is 0 Å². The molecule has 0 saturated heterocycles. The topological polar surface area (TPSA) is 40.5 Å². The molecule has 2 atom stereocenters. The molecule has 32 heavy (non-hydrogen) atoms. The van der Waals surface area contributed by atoms with Crippen LogP contribution in [0.2, 0.25) is 0 Å². The molecule has 0 aliphatic carbocycles. The molecular weight excluding hydrogens is 392 g/mol. The number of hydrogen-bond acceptors (Lipinski definition) is 2. The lowest BCUT2D eigenvalue weighted by atomic mass is 10.1. The van der Waals surface area contributed by atoms with Gasteiger partial charge in [0.05, 0.1) is 6.10 Å². The van der Waals surface area contributed by atoms with Gasteiger partial charge in [0.2, 0.25) is 0 Å². The molecule has 0 fully saturated rings. The van der Waals surface area contributed by atoms with Gasteiger partial charge in [-0.05, 0) is 56.8 Å². The lowest BCUT2D eigenvalue weighted by Gasteiger charge is -2.04. The van der Waals surface area contributed by atoms with Crippen LogP contribution in [0.15, 0.2) is 36.5 Å². The largest absolute Gasteiger partial charge is 0.389 e. The molecule has 2 heteroatoms. The van der Waals surface area contributed by atoms with E-state index in [0.29, 0.717) is 0 Å². The van der Waals surface area contributed by atoms with Crippen molar-refractivity contribution in [2.24, 2.45) is 0 Å². The van der Waals surface area contributed by atoms with Crippen LogP contribution in [-0.4, -0.2) is 22.4 Å². The molecule has 0 bridgehead atoms. The van der Waals surface area contributed by atoms with Gasteiger partial charge >= 0.3 is 0 Å². The van der Waals surface area contributed by atoms with Crippen molar-refractivity contribution >= 4 is 0 Å². The summed E-state index contributed by atoms with van der Waals surface area (Å²) in [4.78, 5) is 0. The lowest BCUT2D eigenvalue weighted by molar-refractivity contribution is 0.208. The van der Waals surface area contributed by atoms with Crippen LogP contribution in [0, 0.1) is 36.5 Å². The Morgan fingerprint density at radius 3 is 1.97 bits per heavy atom. The Balaban J connectivity index is 3.34. The standard InChI is InChI=1S/C30H44O2/c1-3-5-26-30(32)28-25-23-21-19-17-15-13-11-9-7-6-8-10-12-14-16-18-20-22-24-27-29(31)4-2/h1-2,5,7,9,24,26-27,29-32H,6,11-23,25,28H2/b9-7-,26-5-,27-24+/t29-,30+/m0/s1. The number of hydrogen-bond donors (Lipinski definition) is 2. The maximum absolute atomic E-state index is 9.65. The summed E-state index contributed by atoms with van der Waals surface area (Å²) in [6.07, 6.45) is 38.6. The average molecular weight is 437 g/mol. The molecule has 0 saturated carbocycles. The van der Waals surface area contributed by atoms with Crippen LogP contribution in [0.25, 0.3) is 0 Å². The van der Waals surface area contributed by atoms with Crippen molar-refractivity contribution in [1.29, 1.82) is 0 Å². The Bertz CT molecular complexity index is 645. The van der Waals surface area contributed by atoms with E-state index in [-0.39, 0.29) is 6.10 Å². The quantitative estimate of drug-likeness (QED) is 0.131. The van der Waals surface area contributed by atoms with Crippen molar-refractivity contribution in [3.8, 4) is 36.5 Å². The molecular formula is C30H44O2. The first-order valence-electron chi connectivity index (χ1n) is 12.4. The third-order valence-electron chi connectivity index (χ3n) is 5.21. The molecule has 0 rings (SSSR count). The fourth-order valence-electron chi connectivity index (χ4n) is 3.29. The summed E-state index contributed by atoms with van der Waals surface area (Å²) in [5, 5.41) is 18.8. The van der Waals surface area contributed by atoms with Gasteiger partial charge in [0.25, 0.3) is 0 Å². The van der Waals surface area contributed by atoms with Crippen molar-refractivity contribution < 1.29 is 10.2 Å². The van der Waals surface area contributed by atoms with Gasteiger partial charge in [0, 0.05) is 12.8 Å². The van der Waals surface area contributed by atoms with Crippen molar-refractivity contribution in [3.05, 3.63) is 36.5 Å². The van der Waals surface area contributed by atoms with E-state index in [1.807, 2.05) is 6.08 Å². The van der Waals surface area contributed by atoms with E-state index in [1.165, 1.54) is 51.4 Å².